The Morgan fingerprint density at radius 1 is 1.12 bits per heavy atom. The summed E-state index contributed by atoms with van der Waals surface area (Å²) in [6.45, 7) is 1.30. The molecule has 5 heteroatoms. The standard InChI is InChI=1S/C20H18ClN3O/c21-15-5-7-16(8-6-15)23-20(25)24-11-9-14(10-12-24)18-13-22-19-4-2-1-3-17(18)19/h1-9,13,22H,10-12H2,(H,23,25). The van der Waals surface area contributed by atoms with E-state index in [0.717, 1.165) is 17.6 Å². The van der Waals surface area contributed by atoms with Crippen LogP contribution in [0, 0.1) is 0 Å². The Hall–Kier alpha value is -2.72. The Bertz CT molecular complexity index is 943. The third kappa shape index (κ3) is 3.26. The number of nitrogens with zero attached hydrogens (tertiary/aromatic N) is 1. The Kier molecular flexibility index (Phi) is 4.20. The molecule has 0 unspecified atom stereocenters. The third-order valence-electron chi connectivity index (χ3n) is 4.53. The Morgan fingerprint density at radius 2 is 1.92 bits per heavy atom. The quantitative estimate of drug-likeness (QED) is 0.659. The van der Waals surface area contributed by atoms with Gasteiger partial charge in [-0.2, -0.15) is 0 Å². The number of aromatic amines is 1. The zero-order valence-corrected chi connectivity index (χ0v) is 14.4. The summed E-state index contributed by atoms with van der Waals surface area (Å²) in [7, 11) is 0. The van der Waals surface area contributed by atoms with Crippen molar-refractivity contribution < 1.29 is 4.79 Å². The van der Waals surface area contributed by atoms with E-state index < -0.39 is 0 Å². The second-order valence-corrected chi connectivity index (χ2v) is 6.55. The molecule has 0 atom stereocenters. The van der Waals surface area contributed by atoms with Crippen molar-refractivity contribution in [2.45, 2.75) is 6.42 Å². The number of nitrogens with one attached hydrogen (secondary N) is 2. The molecule has 3 aromatic rings. The lowest BCUT2D eigenvalue weighted by Gasteiger charge is -2.26. The molecule has 0 bridgehead atoms. The lowest BCUT2D eigenvalue weighted by molar-refractivity contribution is 0.217. The molecule has 0 fully saturated rings. The number of benzene rings is 2. The summed E-state index contributed by atoms with van der Waals surface area (Å²) in [5.74, 6) is 0. The first kappa shape index (κ1) is 15.8. The van der Waals surface area contributed by atoms with Crippen LogP contribution in [0.1, 0.15) is 12.0 Å². The molecular formula is C20H18ClN3O. The summed E-state index contributed by atoms with van der Waals surface area (Å²) in [5, 5.41) is 4.80. The first-order valence-corrected chi connectivity index (χ1v) is 8.65. The van der Waals surface area contributed by atoms with E-state index in [4.69, 9.17) is 11.6 Å². The molecule has 0 aliphatic carbocycles. The van der Waals surface area contributed by atoms with E-state index >= 15 is 0 Å². The monoisotopic (exact) mass is 351 g/mol. The van der Waals surface area contributed by atoms with E-state index in [0.29, 0.717) is 18.1 Å². The lowest BCUT2D eigenvalue weighted by Crippen LogP contribution is -2.37. The summed E-state index contributed by atoms with van der Waals surface area (Å²) in [4.78, 5) is 17.5. The van der Waals surface area contributed by atoms with Crippen molar-refractivity contribution in [2.75, 3.05) is 18.4 Å². The van der Waals surface area contributed by atoms with Crippen molar-refractivity contribution in [3.05, 3.63) is 71.4 Å². The highest BCUT2D eigenvalue weighted by Crippen LogP contribution is 2.29. The second kappa shape index (κ2) is 6.65. The summed E-state index contributed by atoms with van der Waals surface area (Å²) in [6, 6.07) is 15.3. The maximum Gasteiger partial charge on any atom is 0.322 e. The number of hydrogen-bond donors (Lipinski definition) is 2. The number of urea groups is 1. The average Bonchev–Trinajstić information content (AvgIpc) is 3.08. The van der Waals surface area contributed by atoms with Gasteiger partial charge in [0.25, 0.3) is 0 Å². The topological polar surface area (TPSA) is 48.1 Å². The highest BCUT2D eigenvalue weighted by atomic mass is 35.5. The fourth-order valence-electron chi connectivity index (χ4n) is 3.17. The molecule has 0 spiro atoms. The molecule has 0 radical (unpaired) electrons. The van der Waals surface area contributed by atoms with E-state index in [2.05, 4.69) is 40.8 Å². The number of anilines is 1. The molecule has 25 heavy (non-hydrogen) atoms. The van der Waals surface area contributed by atoms with Crippen LogP contribution in [0.15, 0.2) is 60.8 Å². The second-order valence-electron chi connectivity index (χ2n) is 6.11. The molecular weight excluding hydrogens is 334 g/mol. The van der Waals surface area contributed by atoms with Gasteiger partial charge < -0.3 is 15.2 Å². The fourth-order valence-corrected chi connectivity index (χ4v) is 3.30. The zero-order chi connectivity index (χ0) is 17.2. The van der Waals surface area contributed by atoms with Crippen LogP contribution in [0.5, 0.6) is 0 Å². The van der Waals surface area contributed by atoms with Gasteiger partial charge in [-0.05, 0) is 42.3 Å². The van der Waals surface area contributed by atoms with Crippen LogP contribution in [0.3, 0.4) is 0 Å². The number of aromatic nitrogens is 1. The van der Waals surface area contributed by atoms with Gasteiger partial charge in [0.1, 0.15) is 0 Å². The minimum Gasteiger partial charge on any atom is -0.361 e. The van der Waals surface area contributed by atoms with Crippen molar-refractivity contribution in [3.63, 3.8) is 0 Å². The first-order valence-electron chi connectivity index (χ1n) is 8.28. The van der Waals surface area contributed by atoms with Gasteiger partial charge in [0.15, 0.2) is 0 Å². The van der Waals surface area contributed by atoms with Crippen molar-refractivity contribution in [2.24, 2.45) is 0 Å². The predicted octanol–water partition coefficient (Wildman–Crippen LogP) is 5.14. The number of amides is 2. The highest BCUT2D eigenvalue weighted by molar-refractivity contribution is 6.30. The summed E-state index contributed by atoms with van der Waals surface area (Å²) < 4.78 is 0. The fraction of sp³-hybridized carbons (Fsp3) is 0.150. The Balaban J connectivity index is 1.46. The molecule has 1 aliphatic heterocycles. The molecule has 0 saturated carbocycles. The highest BCUT2D eigenvalue weighted by Gasteiger charge is 2.19. The molecule has 4 rings (SSSR count). The molecule has 0 saturated heterocycles. The van der Waals surface area contributed by atoms with Crippen LogP contribution in [-0.2, 0) is 0 Å². The van der Waals surface area contributed by atoms with Crippen molar-refractivity contribution in [3.8, 4) is 0 Å². The molecule has 2 amide bonds. The first-order chi connectivity index (χ1) is 12.2. The van der Waals surface area contributed by atoms with E-state index in [1.54, 1.807) is 24.3 Å². The van der Waals surface area contributed by atoms with Crippen molar-refractivity contribution in [1.82, 2.24) is 9.88 Å². The number of carbonyl (C=O) groups is 1. The number of carbonyl (C=O) groups excluding carboxylic acids is 1. The van der Waals surface area contributed by atoms with Crippen LogP contribution < -0.4 is 5.32 Å². The molecule has 2 N–H and O–H groups in total. The summed E-state index contributed by atoms with van der Waals surface area (Å²) >= 11 is 5.87. The summed E-state index contributed by atoms with van der Waals surface area (Å²) in [5.41, 5.74) is 4.41. The van der Waals surface area contributed by atoms with Crippen molar-refractivity contribution >= 4 is 39.8 Å². The third-order valence-corrected chi connectivity index (χ3v) is 4.78. The van der Waals surface area contributed by atoms with E-state index in [1.807, 2.05) is 11.0 Å². The van der Waals surface area contributed by atoms with Gasteiger partial charge in [0.05, 0.1) is 0 Å². The van der Waals surface area contributed by atoms with E-state index in [9.17, 15) is 4.79 Å². The molecule has 2 heterocycles. The minimum atomic E-state index is -0.0865. The largest absolute Gasteiger partial charge is 0.361 e. The van der Waals surface area contributed by atoms with Gasteiger partial charge in [-0.1, -0.05) is 35.9 Å². The van der Waals surface area contributed by atoms with Crippen LogP contribution in [0.4, 0.5) is 10.5 Å². The van der Waals surface area contributed by atoms with Gasteiger partial charge in [-0.25, -0.2) is 4.79 Å². The molecule has 1 aliphatic rings. The minimum absolute atomic E-state index is 0.0865. The Morgan fingerprint density at radius 3 is 2.68 bits per heavy atom. The summed E-state index contributed by atoms with van der Waals surface area (Å²) in [6.07, 6.45) is 5.04. The van der Waals surface area contributed by atoms with Gasteiger partial charge >= 0.3 is 6.03 Å². The normalized spacial score (nSPS) is 14.4. The number of fused-ring (bicyclic) bond motifs is 1. The van der Waals surface area contributed by atoms with Crippen LogP contribution >= 0.6 is 11.6 Å². The SMILES string of the molecule is O=C(Nc1ccc(Cl)cc1)N1CC=C(c2c[nH]c3ccccc23)CC1. The number of halogens is 1. The van der Waals surface area contributed by atoms with Crippen LogP contribution in [0.2, 0.25) is 5.02 Å². The number of H-pyrrole nitrogens is 1. The predicted molar refractivity (Wildman–Crippen MR) is 103 cm³/mol. The maximum absolute atomic E-state index is 12.4. The zero-order valence-electron chi connectivity index (χ0n) is 13.6. The number of rotatable bonds is 2. The van der Waals surface area contributed by atoms with Gasteiger partial charge in [-0.3, -0.25) is 0 Å². The Labute approximate surface area is 151 Å². The average molecular weight is 352 g/mol. The van der Waals surface area contributed by atoms with E-state index in [1.165, 1.54) is 16.5 Å². The van der Waals surface area contributed by atoms with E-state index in [-0.39, 0.29) is 6.03 Å². The molecule has 1 aromatic heterocycles. The lowest BCUT2D eigenvalue weighted by atomic mass is 9.99. The van der Waals surface area contributed by atoms with Gasteiger partial charge in [0, 0.05) is 46.5 Å². The number of hydrogen-bond acceptors (Lipinski definition) is 1. The van der Waals surface area contributed by atoms with Crippen LogP contribution in [0.25, 0.3) is 16.5 Å². The molecule has 2 aromatic carbocycles. The number of para-hydroxylation sites is 1. The molecule has 4 nitrogen and oxygen atoms in total. The maximum atomic E-state index is 12.4. The van der Waals surface area contributed by atoms with Crippen molar-refractivity contribution in [1.29, 1.82) is 0 Å². The smallest absolute Gasteiger partial charge is 0.322 e. The van der Waals surface area contributed by atoms with Crippen LogP contribution in [-0.4, -0.2) is 29.0 Å². The molecule has 126 valence electrons. The van der Waals surface area contributed by atoms with Gasteiger partial charge in [-0.15, -0.1) is 0 Å². The van der Waals surface area contributed by atoms with Gasteiger partial charge in [0.2, 0.25) is 0 Å².